The molecule has 1 aromatic heterocycles. The summed E-state index contributed by atoms with van der Waals surface area (Å²) in [5.41, 5.74) is 6.47. The van der Waals surface area contributed by atoms with Crippen molar-refractivity contribution in [3.63, 3.8) is 0 Å². The Balaban J connectivity index is 1.81. The summed E-state index contributed by atoms with van der Waals surface area (Å²) in [4.78, 5) is 16.6. The quantitative estimate of drug-likeness (QED) is 0.542. The number of aromatic nitrogens is 1. The van der Waals surface area contributed by atoms with Crippen molar-refractivity contribution in [2.45, 2.75) is 0 Å². The Morgan fingerprint density at radius 3 is 2.24 bits per heavy atom. The van der Waals surface area contributed by atoms with E-state index in [0.717, 1.165) is 6.07 Å². The van der Waals surface area contributed by atoms with Crippen LogP contribution in [0.2, 0.25) is 0 Å². The fraction of sp³-hybridized carbons (Fsp3) is 0.100. The Morgan fingerprint density at radius 1 is 1.03 bits per heavy atom. The van der Waals surface area contributed by atoms with Crippen molar-refractivity contribution in [2.75, 3.05) is 30.6 Å². The summed E-state index contributed by atoms with van der Waals surface area (Å²) in [5, 5.41) is 5.21. The van der Waals surface area contributed by atoms with E-state index in [4.69, 9.17) is 15.2 Å². The van der Waals surface area contributed by atoms with E-state index in [1.54, 1.807) is 24.3 Å². The first kappa shape index (κ1) is 19.9. The number of nitrogen functional groups attached to an aromatic ring is 1. The number of ether oxygens (including phenoxy) is 2. The molecular weight excluding hydrogens is 382 g/mol. The number of nitrogens with one attached hydrogen (secondary N) is 2. The van der Waals surface area contributed by atoms with E-state index in [2.05, 4.69) is 15.6 Å². The molecule has 29 heavy (non-hydrogen) atoms. The summed E-state index contributed by atoms with van der Waals surface area (Å²) in [5.74, 6) is -2.94. The number of methoxy groups -OCH3 is 2. The molecule has 4 N–H and O–H groups in total. The molecule has 150 valence electrons. The lowest BCUT2D eigenvalue weighted by Gasteiger charge is -2.13. The van der Waals surface area contributed by atoms with E-state index in [1.807, 2.05) is 6.07 Å². The maximum Gasteiger partial charge on any atom is 0.257 e. The molecule has 7 nitrogen and oxygen atoms in total. The summed E-state index contributed by atoms with van der Waals surface area (Å²) in [6.45, 7) is 0. The van der Waals surface area contributed by atoms with Crippen LogP contribution < -0.4 is 25.8 Å². The van der Waals surface area contributed by atoms with Gasteiger partial charge >= 0.3 is 0 Å². The molecule has 0 saturated carbocycles. The van der Waals surface area contributed by atoms with Gasteiger partial charge in [0.2, 0.25) is 0 Å². The van der Waals surface area contributed by atoms with E-state index in [0.29, 0.717) is 17.2 Å². The first-order valence-corrected chi connectivity index (χ1v) is 8.43. The standard InChI is InChI=1S/C20H18F2N4O3/c1-28-14-9-15(29-2)18(22)19(17(14)21)26-20(27)11-7-8-16(24-10-11)25-13-6-4-3-5-12(13)23/h3-10H,23H2,1-2H3,(H,24,25)(H,26,27). The molecule has 0 radical (unpaired) electrons. The number of nitrogens with zero attached hydrogens (tertiary/aromatic N) is 1. The third-order valence-corrected chi connectivity index (χ3v) is 4.06. The maximum absolute atomic E-state index is 14.4. The lowest BCUT2D eigenvalue weighted by atomic mass is 10.2. The van der Waals surface area contributed by atoms with Gasteiger partial charge in [-0.3, -0.25) is 4.79 Å². The highest BCUT2D eigenvalue weighted by atomic mass is 19.1. The van der Waals surface area contributed by atoms with Crippen LogP contribution in [0.15, 0.2) is 48.7 Å². The van der Waals surface area contributed by atoms with Crippen LogP contribution in [0.4, 0.5) is 31.7 Å². The Hall–Kier alpha value is -3.88. The van der Waals surface area contributed by atoms with Crippen molar-refractivity contribution in [3.8, 4) is 11.5 Å². The van der Waals surface area contributed by atoms with Crippen LogP contribution in [0.5, 0.6) is 11.5 Å². The number of rotatable bonds is 6. The average Bonchev–Trinajstić information content (AvgIpc) is 2.73. The molecule has 0 saturated heterocycles. The lowest BCUT2D eigenvalue weighted by Crippen LogP contribution is -2.15. The minimum absolute atomic E-state index is 0.0946. The number of nitrogens with two attached hydrogens (primary N) is 1. The van der Waals surface area contributed by atoms with E-state index >= 15 is 0 Å². The molecule has 3 rings (SSSR count). The third kappa shape index (κ3) is 4.18. The van der Waals surface area contributed by atoms with Crippen LogP contribution in [0.25, 0.3) is 0 Å². The van der Waals surface area contributed by atoms with Gasteiger partial charge < -0.3 is 25.8 Å². The minimum atomic E-state index is -1.05. The van der Waals surface area contributed by atoms with Crippen molar-refractivity contribution in [1.29, 1.82) is 0 Å². The summed E-state index contributed by atoms with van der Waals surface area (Å²) in [6.07, 6.45) is 1.27. The molecule has 1 amide bonds. The first-order chi connectivity index (χ1) is 13.9. The topological polar surface area (TPSA) is 98.5 Å². The second kappa shape index (κ2) is 8.42. The molecule has 0 atom stereocenters. The molecule has 0 fully saturated rings. The molecular formula is C20H18F2N4O3. The smallest absolute Gasteiger partial charge is 0.257 e. The van der Waals surface area contributed by atoms with Gasteiger partial charge in [0.15, 0.2) is 23.1 Å². The number of para-hydroxylation sites is 2. The van der Waals surface area contributed by atoms with Gasteiger partial charge in [-0.1, -0.05) is 12.1 Å². The third-order valence-electron chi connectivity index (χ3n) is 4.06. The van der Waals surface area contributed by atoms with Crippen LogP contribution >= 0.6 is 0 Å². The molecule has 1 heterocycles. The van der Waals surface area contributed by atoms with Gasteiger partial charge in [0.25, 0.3) is 5.91 Å². The van der Waals surface area contributed by atoms with Crippen LogP contribution in [0.1, 0.15) is 10.4 Å². The Kier molecular flexibility index (Phi) is 5.77. The molecule has 9 heteroatoms. The fourth-order valence-corrected chi connectivity index (χ4v) is 2.53. The SMILES string of the molecule is COc1cc(OC)c(F)c(NC(=O)c2ccc(Nc3ccccc3N)nc2)c1F. The number of hydrogen-bond donors (Lipinski definition) is 3. The van der Waals surface area contributed by atoms with Crippen LogP contribution in [-0.4, -0.2) is 25.1 Å². The number of pyridine rings is 1. The van der Waals surface area contributed by atoms with E-state index in [1.165, 1.54) is 26.5 Å². The Labute approximate surface area is 165 Å². The summed E-state index contributed by atoms with van der Waals surface area (Å²) in [7, 11) is 2.44. The van der Waals surface area contributed by atoms with Gasteiger partial charge in [-0.2, -0.15) is 0 Å². The molecule has 0 bridgehead atoms. The summed E-state index contributed by atoms with van der Waals surface area (Å²) >= 11 is 0. The summed E-state index contributed by atoms with van der Waals surface area (Å²) < 4.78 is 38.5. The van der Waals surface area contributed by atoms with Gasteiger partial charge in [-0.15, -0.1) is 0 Å². The van der Waals surface area contributed by atoms with Crippen LogP contribution in [0, 0.1) is 11.6 Å². The number of halogens is 2. The molecule has 0 spiro atoms. The van der Waals surface area contributed by atoms with Crippen molar-refractivity contribution in [3.05, 3.63) is 65.9 Å². The van der Waals surface area contributed by atoms with Crippen LogP contribution in [-0.2, 0) is 0 Å². The van der Waals surface area contributed by atoms with Gasteiger partial charge in [0, 0.05) is 12.3 Å². The normalized spacial score (nSPS) is 10.3. The molecule has 0 aliphatic heterocycles. The van der Waals surface area contributed by atoms with Gasteiger partial charge in [0.1, 0.15) is 11.5 Å². The highest BCUT2D eigenvalue weighted by Gasteiger charge is 2.22. The monoisotopic (exact) mass is 400 g/mol. The number of hydrogen-bond acceptors (Lipinski definition) is 6. The Bertz CT molecular complexity index is 1010. The number of anilines is 4. The fourth-order valence-electron chi connectivity index (χ4n) is 2.53. The minimum Gasteiger partial charge on any atom is -0.493 e. The van der Waals surface area contributed by atoms with Crippen molar-refractivity contribution < 1.29 is 23.0 Å². The van der Waals surface area contributed by atoms with Crippen molar-refractivity contribution in [2.24, 2.45) is 0 Å². The maximum atomic E-state index is 14.4. The molecule has 2 aromatic carbocycles. The lowest BCUT2D eigenvalue weighted by molar-refractivity contribution is 0.102. The molecule has 0 aliphatic carbocycles. The zero-order chi connectivity index (χ0) is 21.0. The van der Waals surface area contributed by atoms with E-state index in [9.17, 15) is 13.6 Å². The van der Waals surface area contributed by atoms with E-state index in [-0.39, 0.29) is 17.1 Å². The van der Waals surface area contributed by atoms with Crippen LogP contribution in [0.3, 0.4) is 0 Å². The predicted octanol–water partition coefficient (Wildman–Crippen LogP) is 3.96. The van der Waals surface area contributed by atoms with Gasteiger partial charge in [0.05, 0.1) is 31.2 Å². The van der Waals surface area contributed by atoms with Gasteiger partial charge in [-0.25, -0.2) is 13.8 Å². The van der Waals surface area contributed by atoms with Gasteiger partial charge in [-0.05, 0) is 24.3 Å². The highest BCUT2D eigenvalue weighted by Crippen LogP contribution is 2.35. The number of amides is 1. The predicted molar refractivity (Wildman–Crippen MR) is 106 cm³/mol. The number of benzene rings is 2. The zero-order valence-electron chi connectivity index (χ0n) is 15.6. The Morgan fingerprint density at radius 2 is 1.69 bits per heavy atom. The largest absolute Gasteiger partial charge is 0.493 e. The average molecular weight is 400 g/mol. The molecule has 0 aliphatic rings. The zero-order valence-corrected chi connectivity index (χ0v) is 15.6. The molecule has 0 unspecified atom stereocenters. The second-order valence-electron chi connectivity index (χ2n) is 5.88. The number of carbonyl (C=O) groups excluding carboxylic acids is 1. The summed E-state index contributed by atoms with van der Waals surface area (Å²) in [6, 6.07) is 11.2. The second-order valence-corrected chi connectivity index (χ2v) is 5.88. The first-order valence-electron chi connectivity index (χ1n) is 8.43. The van der Waals surface area contributed by atoms with Crippen molar-refractivity contribution >= 4 is 28.8 Å². The highest BCUT2D eigenvalue weighted by molar-refractivity contribution is 6.04. The van der Waals surface area contributed by atoms with E-state index < -0.39 is 23.2 Å². The van der Waals surface area contributed by atoms with Crippen molar-refractivity contribution in [1.82, 2.24) is 4.98 Å². The number of carbonyl (C=O) groups is 1. The molecule has 3 aromatic rings.